The maximum Gasteiger partial charge on any atom is 0.260 e. The molecule has 5 aromatic rings. The summed E-state index contributed by atoms with van der Waals surface area (Å²) >= 11 is 0. The summed E-state index contributed by atoms with van der Waals surface area (Å²) in [7, 11) is 6.44. The second-order valence-electron chi connectivity index (χ2n) is 15.2. The van der Waals surface area contributed by atoms with Gasteiger partial charge in [0.15, 0.2) is 23.0 Å². The van der Waals surface area contributed by atoms with Gasteiger partial charge in [-0.15, -0.1) is 0 Å². The Hall–Kier alpha value is -7.08. The molecule has 0 spiro atoms. The fraction of sp³-hybridized carbons (Fsp3) is 0.250. The molecule has 5 aromatic carbocycles. The van der Waals surface area contributed by atoms with Crippen LogP contribution in [0.25, 0.3) is 11.1 Å². The zero-order valence-electron chi connectivity index (χ0n) is 34.0. The van der Waals surface area contributed by atoms with Gasteiger partial charge in [-0.2, -0.15) is 0 Å². The Bertz CT molecular complexity index is 2350. The van der Waals surface area contributed by atoms with Crippen molar-refractivity contribution in [1.82, 2.24) is 9.80 Å². The Balaban J connectivity index is 0.861. The van der Waals surface area contributed by atoms with Gasteiger partial charge in [0.1, 0.15) is 24.7 Å². The summed E-state index contributed by atoms with van der Waals surface area (Å²) in [4.78, 5) is 31.4. The summed E-state index contributed by atoms with van der Waals surface area (Å²) in [5.74, 6) is 3.40. The van der Waals surface area contributed by atoms with Gasteiger partial charge in [0.2, 0.25) is 0 Å². The molecule has 9 rings (SSSR count). The number of nitrogens with zero attached hydrogens (tertiary/aromatic N) is 2. The van der Waals surface area contributed by atoms with E-state index in [0.717, 1.165) is 57.7 Å². The van der Waals surface area contributed by atoms with E-state index in [9.17, 15) is 9.59 Å². The van der Waals surface area contributed by atoms with Gasteiger partial charge in [0, 0.05) is 37.6 Å². The molecule has 0 saturated carbocycles. The van der Waals surface area contributed by atoms with Crippen LogP contribution in [0, 0.1) is 0 Å². The Labute approximate surface area is 348 Å². The van der Waals surface area contributed by atoms with Gasteiger partial charge < -0.3 is 48.9 Å². The number of benzene rings is 5. The highest BCUT2D eigenvalue weighted by Crippen LogP contribution is 2.41. The van der Waals surface area contributed by atoms with E-state index in [1.807, 2.05) is 107 Å². The number of ether oxygens (including phenoxy) is 6. The van der Waals surface area contributed by atoms with E-state index in [4.69, 9.17) is 28.4 Å². The molecule has 0 fully saturated rings. The van der Waals surface area contributed by atoms with Crippen LogP contribution in [0.1, 0.15) is 55.8 Å². The summed E-state index contributed by atoms with van der Waals surface area (Å²) in [5.41, 5.74) is 8.65. The second-order valence-corrected chi connectivity index (χ2v) is 15.2. The molecule has 2 amide bonds. The van der Waals surface area contributed by atoms with Crippen molar-refractivity contribution < 1.29 is 38.0 Å². The molecule has 0 aliphatic carbocycles. The maximum atomic E-state index is 13.9. The largest absolute Gasteiger partial charge is 0.497 e. The highest BCUT2D eigenvalue weighted by atomic mass is 16.5. The number of hydrogen-bond donors (Lipinski definition) is 2. The van der Waals surface area contributed by atoms with Gasteiger partial charge in [0.05, 0.1) is 63.0 Å². The van der Waals surface area contributed by atoms with Gasteiger partial charge >= 0.3 is 0 Å². The Morgan fingerprint density at radius 1 is 0.533 bits per heavy atom. The first-order valence-electron chi connectivity index (χ1n) is 19.9. The molecule has 0 aromatic heterocycles. The molecule has 12 heteroatoms. The van der Waals surface area contributed by atoms with Gasteiger partial charge in [-0.25, -0.2) is 0 Å². The van der Waals surface area contributed by atoms with Crippen molar-refractivity contribution in [3.63, 3.8) is 0 Å². The Morgan fingerprint density at radius 3 is 1.37 bits per heavy atom. The quantitative estimate of drug-likeness (QED) is 0.128. The van der Waals surface area contributed by atoms with Crippen LogP contribution in [-0.4, -0.2) is 75.2 Å². The maximum absolute atomic E-state index is 13.9. The molecule has 2 N–H and O–H groups in total. The van der Waals surface area contributed by atoms with Crippen LogP contribution in [0.15, 0.2) is 109 Å². The van der Waals surface area contributed by atoms with Crippen molar-refractivity contribution in [2.45, 2.75) is 38.1 Å². The third-order valence-corrected chi connectivity index (χ3v) is 11.6. The van der Waals surface area contributed by atoms with Gasteiger partial charge in [-0.1, -0.05) is 42.5 Å². The van der Waals surface area contributed by atoms with E-state index in [0.29, 0.717) is 58.6 Å². The standard InChI is InChI=1S/C48H46N4O8/c1-55-37-12-8-31(9-13-37)33-17-35-23-49-41-21-45(43(57-3)19-39(41)47(53)51(35)25-33)59-27-29-6-5-7-30(16-29)28-60-46-22-42-40(20-44(46)58-4)48(54)52-26-34(18-36(52)24-50-42)32-10-14-38(56-2)15-11-32/h5-16,19-22,25-26,35-36,49-50H,17-18,23-24,27-28H2,1-4H3/t35-,36-/m0/s1. The molecular formula is C48H46N4O8. The summed E-state index contributed by atoms with van der Waals surface area (Å²) in [6.07, 6.45) is 5.39. The summed E-state index contributed by atoms with van der Waals surface area (Å²) in [6, 6.07) is 30.9. The zero-order chi connectivity index (χ0) is 41.3. The average molecular weight is 807 g/mol. The normalized spacial score (nSPS) is 17.7. The van der Waals surface area contributed by atoms with E-state index in [1.165, 1.54) is 0 Å². The summed E-state index contributed by atoms with van der Waals surface area (Å²) in [6.45, 7) is 1.71. The second kappa shape index (κ2) is 16.3. The van der Waals surface area contributed by atoms with Crippen LogP contribution in [0.5, 0.6) is 34.5 Å². The van der Waals surface area contributed by atoms with Crippen LogP contribution in [-0.2, 0) is 13.2 Å². The molecular weight excluding hydrogens is 761 g/mol. The number of anilines is 2. The molecule has 2 atom stereocenters. The lowest BCUT2D eigenvalue weighted by molar-refractivity contribution is 0.0788. The molecule has 0 saturated heterocycles. The zero-order valence-corrected chi connectivity index (χ0v) is 34.0. The monoisotopic (exact) mass is 806 g/mol. The number of fused-ring (bicyclic) bond motifs is 4. The molecule has 4 aliphatic rings. The van der Waals surface area contributed by atoms with Gasteiger partial charge in [-0.3, -0.25) is 9.59 Å². The smallest absolute Gasteiger partial charge is 0.260 e. The number of carbonyl (C=O) groups excluding carboxylic acids is 2. The van der Waals surface area contributed by atoms with E-state index in [2.05, 4.69) is 10.6 Å². The van der Waals surface area contributed by atoms with Crippen molar-refractivity contribution >= 4 is 34.3 Å². The molecule has 4 aliphatic heterocycles. The third kappa shape index (κ3) is 7.40. The SMILES string of the molecule is COc1ccc(C2=CN3C(=O)c4cc(OC)c(OCc5cccc(COc6cc7c(cc6OC)C(=O)N6C=C(c8ccc(OC)cc8)C[C@H]6CN7)c5)cc4NC[C@@H]3C2)cc1. The fourth-order valence-corrected chi connectivity index (χ4v) is 8.32. The predicted octanol–water partition coefficient (Wildman–Crippen LogP) is 8.24. The number of amides is 2. The summed E-state index contributed by atoms with van der Waals surface area (Å²) in [5, 5.41) is 6.99. The topological polar surface area (TPSA) is 120 Å². The predicted molar refractivity (Wildman–Crippen MR) is 229 cm³/mol. The van der Waals surface area contributed by atoms with Crippen molar-refractivity contribution in [1.29, 1.82) is 0 Å². The van der Waals surface area contributed by atoms with Crippen LogP contribution < -0.4 is 39.1 Å². The van der Waals surface area contributed by atoms with Crippen LogP contribution in [0.3, 0.4) is 0 Å². The third-order valence-electron chi connectivity index (χ3n) is 11.6. The number of methoxy groups -OCH3 is 4. The van der Waals surface area contributed by atoms with Crippen LogP contribution >= 0.6 is 0 Å². The highest BCUT2D eigenvalue weighted by molar-refractivity contribution is 6.04. The molecule has 306 valence electrons. The number of carbonyl (C=O) groups is 2. The lowest BCUT2D eigenvalue weighted by Crippen LogP contribution is -2.34. The molecule has 0 bridgehead atoms. The first kappa shape index (κ1) is 38.4. The minimum absolute atomic E-state index is 0.0261. The van der Waals surface area contributed by atoms with Crippen molar-refractivity contribution in [2.24, 2.45) is 0 Å². The first-order valence-corrected chi connectivity index (χ1v) is 19.9. The Kier molecular flexibility index (Phi) is 10.4. The van der Waals surface area contributed by atoms with Gasteiger partial charge in [0.25, 0.3) is 11.8 Å². The first-order chi connectivity index (χ1) is 29.3. The molecule has 12 nitrogen and oxygen atoms in total. The van der Waals surface area contributed by atoms with E-state index in [1.54, 1.807) is 40.6 Å². The minimum Gasteiger partial charge on any atom is -0.497 e. The van der Waals surface area contributed by atoms with Gasteiger partial charge in [-0.05, 0) is 88.7 Å². The van der Waals surface area contributed by atoms with Crippen LogP contribution in [0.4, 0.5) is 11.4 Å². The molecule has 4 heterocycles. The minimum atomic E-state index is -0.0913. The van der Waals surface area contributed by atoms with E-state index >= 15 is 0 Å². The van der Waals surface area contributed by atoms with E-state index in [-0.39, 0.29) is 37.1 Å². The highest BCUT2D eigenvalue weighted by Gasteiger charge is 2.36. The molecule has 60 heavy (non-hydrogen) atoms. The fourth-order valence-electron chi connectivity index (χ4n) is 8.32. The Morgan fingerprint density at radius 2 is 0.967 bits per heavy atom. The lowest BCUT2D eigenvalue weighted by Gasteiger charge is -2.20. The number of hydrogen-bond acceptors (Lipinski definition) is 10. The van der Waals surface area contributed by atoms with Crippen LogP contribution in [0.2, 0.25) is 0 Å². The van der Waals surface area contributed by atoms with E-state index < -0.39 is 0 Å². The van der Waals surface area contributed by atoms with Crippen molar-refractivity contribution in [2.75, 3.05) is 52.2 Å². The summed E-state index contributed by atoms with van der Waals surface area (Å²) < 4.78 is 34.8. The lowest BCUT2D eigenvalue weighted by atomic mass is 10.0. The molecule has 0 unspecified atom stereocenters. The average Bonchev–Trinajstić information content (AvgIpc) is 3.87. The van der Waals surface area contributed by atoms with Crippen molar-refractivity contribution in [3.8, 4) is 34.5 Å². The number of nitrogens with one attached hydrogen (secondary N) is 2. The molecule has 0 radical (unpaired) electrons. The van der Waals surface area contributed by atoms with Crippen molar-refractivity contribution in [3.05, 3.63) is 143 Å². The number of rotatable bonds is 12.